The van der Waals surface area contributed by atoms with Crippen molar-refractivity contribution in [2.24, 2.45) is 0 Å². The molecule has 0 saturated heterocycles. The van der Waals surface area contributed by atoms with Gasteiger partial charge in [0.2, 0.25) is 5.95 Å². The summed E-state index contributed by atoms with van der Waals surface area (Å²) in [7, 11) is 2.01. The van der Waals surface area contributed by atoms with Gasteiger partial charge < -0.3 is 15.0 Å². The first-order valence-electron chi connectivity index (χ1n) is 9.20. The summed E-state index contributed by atoms with van der Waals surface area (Å²) in [5, 5.41) is 3.20. The van der Waals surface area contributed by atoms with Crippen LogP contribution in [0.2, 0.25) is 0 Å². The quantitative estimate of drug-likeness (QED) is 0.619. The van der Waals surface area contributed by atoms with Crippen LogP contribution in [0.5, 0.6) is 0 Å². The maximum Gasteiger partial charge on any atom is 0.338 e. The lowest BCUT2D eigenvalue weighted by atomic mass is 10.2. The van der Waals surface area contributed by atoms with Gasteiger partial charge in [0.1, 0.15) is 5.82 Å². The van der Waals surface area contributed by atoms with E-state index in [1.807, 2.05) is 50.4 Å². The average molecular weight is 376 g/mol. The molecule has 0 radical (unpaired) electrons. The normalized spacial score (nSPS) is 10.4. The second-order valence-corrected chi connectivity index (χ2v) is 6.46. The lowest BCUT2D eigenvalue weighted by Crippen LogP contribution is -2.18. The summed E-state index contributed by atoms with van der Waals surface area (Å²) in [6.45, 7) is 4.84. The van der Waals surface area contributed by atoms with Crippen molar-refractivity contribution in [3.05, 3.63) is 77.5 Å². The van der Waals surface area contributed by atoms with E-state index in [1.165, 1.54) is 5.56 Å². The van der Waals surface area contributed by atoms with E-state index in [-0.39, 0.29) is 5.97 Å². The van der Waals surface area contributed by atoms with Crippen LogP contribution in [-0.2, 0) is 11.3 Å². The molecule has 3 rings (SSSR count). The second kappa shape index (κ2) is 8.99. The van der Waals surface area contributed by atoms with Gasteiger partial charge in [-0.05, 0) is 43.7 Å². The fourth-order valence-electron chi connectivity index (χ4n) is 2.77. The van der Waals surface area contributed by atoms with E-state index < -0.39 is 0 Å². The zero-order chi connectivity index (χ0) is 19.9. The molecule has 28 heavy (non-hydrogen) atoms. The van der Waals surface area contributed by atoms with E-state index in [4.69, 9.17) is 4.74 Å². The summed E-state index contributed by atoms with van der Waals surface area (Å²) in [5.41, 5.74) is 3.40. The van der Waals surface area contributed by atoms with Crippen molar-refractivity contribution >= 4 is 23.4 Å². The molecule has 0 atom stereocenters. The molecule has 3 aromatic rings. The van der Waals surface area contributed by atoms with Crippen LogP contribution in [0.4, 0.5) is 17.5 Å². The molecule has 0 aliphatic rings. The minimum atomic E-state index is -0.328. The van der Waals surface area contributed by atoms with Gasteiger partial charge >= 0.3 is 5.97 Å². The Bertz CT molecular complexity index is 927. The molecule has 0 aliphatic heterocycles. The molecule has 0 amide bonds. The molecule has 1 aromatic heterocycles. The number of carbonyl (C=O) groups is 1. The van der Waals surface area contributed by atoms with Gasteiger partial charge in [-0.2, -0.15) is 4.98 Å². The Morgan fingerprint density at radius 3 is 2.46 bits per heavy atom. The van der Waals surface area contributed by atoms with E-state index in [9.17, 15) is 4.79 Å². The molecule has 0 unspecified atom stereocenters. The highest BCUT2D eigenvalue weighted by molar-refractivity contribution is 5.89. The van der Waals surface area contributed by atoms with Crippen molar-refractivity contribution in [3.8, 4) is 0 Å². The fourth-order valence-corrected chi connectivity index (χ4v) is 2.77. The molecule has 0 fully saturated rings. The van der Waals surface area contributed by atoms with Crippen molar-refractivity contribution in [1.82, 2.24) is 9.97 Å². The Kier molecular flexibility index (Phi) is 6.22. The summed E-state index contributed by atoms with van der Waals surface area (Å²) >= 11 is 0. The minimum Gasteiger partial charge on any atom is -0.462 e. The molecule has 6 heteroatoms. The molecule has 0 bridgehead atoms. The molecule has 144 valence electrons. The van der Waals surface area contributed by atoms with Crippen LogP contribution in [0.1, 0.15) is 28.5 Å². The predicted molar refractivity (Wildman–Crippen MR) is 111 cm³/mol. The van der Waals surface area contributed by atoms with Gasteiger partial charge in [-0.3, -0.25) is 0 Å². The number of benzene rings is 2. The van der Waals surface area contributed by atoms with Gasteiger partial charge in [0, 0.05) is 31.0 Å². The van der Waals surface area contributed by atoms with E-state index in [0.29, 0.717) is 18.1 Å². The lowest BCUT2D eigenvalue weighted by Gasteiger charge is -2.19. The van der Waals surface area contributed by atoms with Crippen molar-refractivity contribution < 1.29 is 9.53 Å². The molecule has 0 saturated carbocycles. The Morgan fingerprint density at radius 2 is 1.79 bits per heavy atom. The number of carbonyl (C=O) groups excluding carboxylic acids is 1. The molecular weight excluding hydrogens is 352 g/mol. The topological polar surface area (TPSA) is 67.3 Å². The minimum absolute atomic E-state index is 0.328. The van der Waals surface area contributed by atoms with Gasteiger partial charge in [-0.15, -0.1) is 0 Å². The number of ether oxygens (including phenoxy) is 1. The van der Waals surface area contributed by atoms with Crippen molar-refractivity contribution in [1.29, 1.82) is 0 Å². The van der Waals surface area contributed by atoms with Gasteiger partial charge in [-0.25, -0.2) is 9.78 Å². The van der Waals surface area contributed by atoms with Gasteiger partial charge in [0.05, 0.1) is 12.2 Å². The fraction of sp³-hybridized carbons (Fsp3) is 0.227. The van der Waals surface area contributed by atoms with Gasteiger partial charge in [0.15, 0.2) is 0 Å². The number of anilines is 3. The number of hydrogen-bond acceptors (Lipinski definition) is 6. The largest absolute Gasteiger partial charge is 0.462 e. The molecule has 1 N–H and O–H groups in total. The SMILES string of the molecule is CCOC(=O)c1ccc(Nc2nc(C)cc(N(C)Cc3ccccc3)n2)cc1. The Morgan fingerprint density at radius 1 is 1.07 bits per heavy atom. The van der Waals surface area contributed by atoms with Crippen molar-refractivity contribution in [2.75, 3.05) is 23.9 Å². The van der Waals surface area contributed by atoms with Crippen LogP contribution >= 0.6 is 0 Å². The Labute approximate surface area is 165 Å². The molecule has 6 nitrogen and oxygen atoms in total. The number of esters is 1. The van der Waals surface area contributed by atoms with E-state index in [2.05, 4.69) is 32.3 Å². The zero-order valence-electron chi connectivity index (χ0n) is 16.3. The molecular formula is C22H24N4O2. The lowest BCUT2D eigenvalue weighted by molar-refractivity contribution is 0.0526. The van der Waals surface area contributed by atoms with Crippen molar-refractivity contribution in [3.63, 3.8) is 0 Å². The van der Waals surface area contributed by atoms with E-state index >= 15 is 0 Å². The first kappa shape index (κ1) is 19.4. The summed E-state index contributed by atoms with van der Waals surface area (Å²) in [5.74, 6) is 1.02. The first-order valence-corrected chi connectivity index (χ1v) is 9.20. The number of rotatable bonds is 7. The third-order valence-electron chi connectivity index (χ3n) is 4.15. The highest BCUT2D eigenvalue weighted by Gasteiger charge is 2.09. The molecule has 2 aromatic carbocycles. The molecule has 0 spiro atoms. The maximum atomic E-state index is 11.8. The highest BCUT2D eigenvalue weighted by Crippen LogP contribution is 2.19. The third-order valence-corrected chi connectivity index (χ3v) is 4.15. The second-order valence-electron chi connectivity index (χ2n) is 6.46. The summed E-state index contributed by atoms with van der Waals surface area (Å²) in [6, 6.07) is 19.3. The Balaban J connectivity index is 1.73. The summed E-state index contributed by atoms with van der Waals surface area (Å²) < 4.78 is 5.00. The maximum absolute atomic E-state index is 11.8. The van der Waals surface area contributed by atoms with E-state index in [0.717, 1.165) is 23.7 Å². The van der Waals surface area contributed by atoms with Crippen LogP contribution in [0.25, 0.3) is 0 Å². The average Bonchev–Trinajstić information content (AvgIpc) is 2.69. The van der Waals surface area contributed by atoms with Crippen LogP contribution in [-0.4, -0.2) is 29.6 Å². The number of aromatic nitrogens is 2. The first-order chi connectivity index (χ1) is 13.5. The van der Waals surface area contributed by atoms with Gasteiger partial charge in [0.25, 0.3) is 0 Å². The number of aryl methyl sites for hydroxylation is 1. The van der Waals surface area contributed by atoms with Crippen LogP contribution < -0.4 is 10.2 Å². The standard InChI is InChI=1S/C22H24N4O2/c1-4-28-21(27)18-10-12-19(13-11-18)24-22-23-16(2)14-20(25-22)26(3)15-17-8-6-5-7-9-17/h5-14H,4,15H2,1-3H3,(H,23,24,25). The summed E-state index contributed by atoms with van der Waals surface area (Å²) in [6.07, 6.45) is 0. The number of hydrogen-bond donors (Lipinski definition) is 1. The smallest absolute Gasteiger partial charge is 0.338 e. The van der Waals surface area contributed by atoms with E-state index in [1.54, 1.807) is 19.1 Å². The van der Waals surface area contributed by atoms with Crippen LogP contribution in [0.15, 0.2) is 60.7 Å². The highest BCUT2D eigenvalue weighted by atomic mass is 16.5. The third kappa shape index (κ3) is 5.07. The summed E-state index contributed by atoms with van der Waals surface area (Å²) in [4.78, 5) is 22.9. The monoisotopic (exact) mass is 376 g/mol. The number of nitrogens with zero attached hydrogens (tertiary/aromatic N) is 3. The van der Waals surface area contributed by atoms with Crippen LogP contribution in [0, 0.1) is 6.92 Å². The number of nitrogens with one attached hydrogen (secondary N) is 1. The molecule has 1 heterocycles. The van der Waals surface area contributed by atoms with Crippen molar-refractivity contribution in [2.45, 2.75) is 20.4 Å². The Hall–Kier alpha value is -3.41. The predicted octanol–water partition coefficient (Wildman–Crippen LogP) is 4.34. The molecule has 0 aliphatic carbocycles. The van der Waals surface area contributed by atoms with Crippen LogP contribution in [0.3, 0.4) is 0 Å². The zero-order valence-corrected chi connectivity index (χ0v) is 16.3. The van der Waals surface area contributed by atoms with Gasteiger partial charge in [-0.1, -0.05) is 30.3 Å².